The molecule has 4 atom stereocenters. The third-order valence-corrected chi connectivity index (χ3v) is 5.95. The van der Waals surface area contributed by atoms with Gasteiger partial charge < -0.3 is 29.5 Å². The minimum absolute atomic E-state index is 0.0500. The Hall–Kier alpha value is -1.30. The zero-order valence-electron chi connectivity index (χ0n) is 15.6. The summed E-state index contributed by atoms with van der Waals surface area (Å²) < 4.78 is 17.3. The maximum Gasteiger partial charge on any atom is 0.358 e. The van der Waals surface area contributed by atoms with Gasteiger partial charge in [-0.15, -0.1) is 0 Å². The van der Waals surface area contributed by atoms with E-state index >= 15 is 0 Å². The van der Waals surface area contributed by atoms with Crippen LogP contribution >= 0.6 is 0 Å². The Kier molecular flexibility index (Phi) is 6.94. The first kappa shape index (κ1) is 21.0. The number of esters is 1. The summed E-state index contributed by atoms with van der Waals surface area (Å²) in [4.78, 5) is 11.8. The SMILES string of the molecule is COC(=O)c1cc([C@@H]2O[C@H](CO)[C@@H](O)[C@H]2O)n(COCC[Si](C)(C)C)n1. The minimum Gasteiger partial charge on any atom is -0.464 e. The average molecular weight is 388 g/mol. The van der Waals surface area contributed by atoms with Crippen LogP contribution in [0.4, 0.5) is 0 Å². The molecule has 0 saturated carbocycles. The number of methoxy groups -OCH3 is 1. The van der Waals surface area contributed by atoms with E-state index in [4.69, 9.17) is 9.47 Å². The molecule has 9 nitrogen and oxygen atoms in total. The van der Waals surface area contributed by atoms with E-state index in [0.717, 1.165) is 6.04 Å². The normalized spacial score (nSPS) is 26.3. The highest BCUT2D eigenvalue weighted by Crippen LogP contribution is 2.34. The number of rotatable bonds is 8. The zero-order chi connectivity index (χ0) is 19.5. The van der Waals surface area contributed by atoms with Crippen LogP contribution in [0.5, 0.6) is 0 Å². The molecule has 1 aliphatic rings. The van der Waals surface area contributed by atoms with Crippen molar-refractivity contribution in [2.24, 2.45) is 0 Å². The maximum atomic E-state index is 11.8. The van der Waals surface area contributed by atoms with Crippen molar-refractivity contribution < 1.29 is 34.3 Å². The number of hydrogen-bond acceptors (Lipinski definition) is 8. The van der Waals surface area contributed by atoms with E-state index in [0.29, 0.717) is 12.3 Å². The van der Waals surface area contributed by atoms with Gasteiger partial charge in [-0.1, -0.05) is 19.6 Å². The highest BCUT2D eigenvalue weighted by molar-refractivity contribution is 6.76. The summed E-state index contributed by atoms with van der Waals surface area (Å²) in [6, 6.07) is 2.41. The van der Waals surface area contributed by atoms with Crippen molar-refractivity contribution in [2.75, 3.05) is 20.3 Å². The molecular weight excluding hydrogens is 360 g/mol. The number of aliphatic hydroxyl groups excluding tert-OH is 3. The number of carbonyl (C=O) groups is 1. The van der Waals surface area contributed by atoms with Crippen LogP contribution in [0.2, 0.25) is 25.7 Å². The Labute approximate surface area is 153 Å². The van der Waals surface area contributed by atoms with Gasteiger partial charge in [0.25, 0.3) is 0 Å². The van der Waals surface area contributed by atoms with Gasteiger partial charge in [0.1, 0.15) is 31.1 Å². The maximum absolute atomic E-state index is 11.8. The van der Waals surface area contributed by atoms with E-state index < -0.39 is 45.1 Å². The molecule has 148 valence electrons. The Morgan fingerprint density at radius 2 is 2.04 bits per heavy atom. The molecule has 1 aliphatic heterocycles. The van der Waals surface area contributed by atoms with Crippen molar-refractivity contribution >= 4 is 14.0 Å². The summed E-state index contributed by atoms with van der Waals surface area (Å²) >= 11 is 0. The van der Waals surface area contributed by atoms with Crippen molar-refractivity contribution in [3.05, 3.63) is 17.5 Å². The van der Waals surface area contributed by atoms with Gasteiger partial charge in [-0.05, 0) is 12.1 Å². The molecule has 0 bridgehead atoms. The molecule has 0 radical (unpaired) electrons. The molecule has 1 fully saturated rings. The Balaban J connectivity index is 2.18. The first-order valence-corrected chi connectivity index (χ1v) is 12.2. The second-order valence-electron chi connectivity index (χ2n) is 7.55. The molecule has 0 amide bonds. The molecule has 0 unspecified atom stereocenters. The lowest BCUT2D eigenvalue weighted by atomic mass is 10.1. The molecule has 0 aromatic carbocycles. The fourth-order valence-electron chi connectivity index (χ4n) is 2.64. The van der Waals surface area contributed by atoms with Gasteiger partial charge in [0.15, 0.2) is 5.69 Å². The predicted octanol–water partition coefficient (Wildman–Crippen LogP) is 0.136. The standard InChI is InChI=1S/C16H28N2O7Si/c1-23-16(22)10-7-11(15-14(21)13(20)12(8-19)25-15)18(17-10)9-24-5-6-26(2,3)4/h7,12-15,19-21H,5-6,8-9H2,1-4H3/t12-,13-,14-,15+/m1/s1. The second kappa shape index (κ2) is 8.59. The first-order chi connectivity index (χ1) is 12.2. The molecular formula is C16H28N2O7Si. The van der Waals surface area contributed by atoms with Crippen molar-refractivity contribution in [1.82, 2.24) is 9.78 Å². The van der Waals surface area contributed by atoms with E-state index in [9.17, 15) is 20.1 Å². The van der Waals surface area contributed by atoms with E-state index in [1.165, 1.54) is 17.9 Å². The van der Waals surface area contributed by atoms with Crippen molar-refractivity contribution in [2.45, 2.75) is 56.8 Å². The number of aromatic nitrogens is 2. The number of aliphatic hydroxyl groups is 3. The Bertz CT molecular complexity index is 616. The van der Waals surface area contributed by atoms with Gasteiger partial charge in [-0.2, -0.15) is 5.10 Å². The lowest BCUT2D eigenvalue weighted by Gasteiger charge is -2.18. The van der Waals surface area contributed by atoms with Crippen molar-refractivity contribution in [1.29, 1.82) is 0 Å². The van der Waals surface area contributed by atoms with E-state index in [1.807, 2.05) is 0 Å². The van der Waals surface area contributed by atoms with Gasteiger partial charge in [0, 0.05) is 14.7 Å². The molecule has 3 N–H and O–H groups in total. The van der Waals surface area contributed by atoms with Crippen LogP contribution in [0.25, 0.3) is 0 Å². The third kappa shape index (κ3) is 4.90. The van der Waals surface area contributed by atoms with Gasteiger partial charge in [0.2, 0.25) is 0 Å². The molecule has 10 heteroatoms. The molecule has 1 aromatic rings. The lowest BCUT2D eigenvalue weighted by molar-refractivity contribution is -0.0279. The molecule has 26 heavy (non-hydrogen) atoms. The van der Waals surface area contributed by atoms with Crippen LogP contribution in [0.3, 0.4) is 0 Å². The first-order valence-electron chi connectivity index (χ1n) is 8.54. The molecule has 1 saturated heterocycles. The van der Waals surface area contributed by atoms with Crippen LogP contribution < -0.4 is 0 Å². The summed E-state index contributed by atoms with van der Waals surface area (Å²) in [5.41, 5.74) is 0.426. The van der Waals surface area contributed by atoms with Crippen LogP contribution in [-0.2, 0) is 20.9 Å². The molecule has 1 aromatic heterocycles. The highest BCUT2D eigenvalue weighted by Gasteiger charge is 2.44. The fraction of sp³-hybridized carbons (Fsp3) is 0.750. The van der Waals surface area contributed by atoms with E-state index in [1.54, 1.807) is 0 Å². The summed E-state index contributed by atoms with van der Waals surface area (Å²) in [7, 11) is 0.00644. The Morgan fingerprint density at radius 3 is 2.58 bits per heavy atom. The quantitative estimate of drug-likeness (QED) is 0.326. The van der Waals surface area contributed by atoms with Crippen LogP contribution in [0.15, 0.2) is 6.07 Å². The summed E-state index contributed by atoms with van der Waals surface area (Å²) in [5.74, 6) is -0.626. The monoisotopic (exact) mass is 388 g/mol. The van der Waals surface area contributed by atoms with Gasteiger partial charge in [-0.25, -0.2) is 9.48 Å². The van der Waals surface area contributed by atoms with Crippen molar-refractivity contribution in [3.63, 3.8) is 0 Å². The van der Waals surface area contributed by atoms with Gasteiger partial charge in [-0.3, -0.25) is 0 Å². The second-order valence-corrected chi connectivity index (χ2v) is 13.2. The van der Waals surface area contributed by atoms with E-state index in [-0.39, 0.29) is 12.4 Å². The number of nitrogens with zero attached hydrogens (tertiary/aromatic N) is 2. The summed E-state index contributed by atoms with van der Waals surface area (Å²) in [6.45, 7) is 6.92. The molecule has 0 aliphatic carbocycles. The molecule has 0 spiro atoms. The third-order valence-electron chi connectivity index (χ3n) is 4.25. The van der Waals surface area contributed by atoms with E-state index in [2.05, 4.69) is 29.5 Å². The highest BCUT2D eigenvalue weighted by atomic mass is 28.3. The Morgan fingerprint density at radius 1 is 1.35 bits per heavy atom. The number of carbonyl (C=O) groups excluding carboxylic acids is 1. The molecule has 2 heterocycles. The van der Waals surface area contributed by atoms with Crippen LogP contribution in [-0.4, -0.2) is 77.8 Å². The van der Waals surface area contributed by atoms with Crippen LogP contribution in [0, 0.1) is 0 Å². The average Bonchev–Trinajstić information content (AvgIpc) is 3.12. The smallest absolute Gasteiger partial charge is 0.358 e. The van der Waals surface area contributed by atoms with Gasteiger partial charge in [0.05, 0.1) is 19.4 Å². The number of ether oxygens (including phenoxy) is 3. The van der Waals surface area contributed by atoms with Crippen molar-refractivity contribution in [3.8, 4) is 0 Å². The summed E-state index contributed by atoms with van der Waals surface area (Å²) in [5, 5.41) is 33.6. The number of hydrogen-bond donors (Lipinski definition) is 3. The lowest BCUT2D eigenvalue weighted by Crippen LogP contribution is -2.32. The van der Waals surface area contributed by atoms with Gasteiger partial charge >= 0.3 is 5.97 Å². The minimum atomic E-state index is -1.25. The fourth-order valence-corrected chi connectivity index (χ4v) is 3.40. The largest absolute Gasteiger partial charge is 0.464 e. The van der Waals surface area contributed by atoms with Crippen LogP contribution in [0.1, 0.15) is 22.3 Å². The molecule has 2 rings (SSSR count). The topological polar surface area (TPSA) is 123 Å². The predicted molar refractivity (Wildman–Crippen MR) is 94.4 cm³/mol. The zero-order valence-corrected chi connectivity index (χ0v) is 16.6. The summed E-state index contributed by atoms with van der Waals surface area (Å²) in [6.07, 6.45) is -4.33.